The Morgan fingerprint density at radius 3 is 2.62 bits per heavy atom. The normalized spacial score (nSPS) is 13.3. The van der Waals surface area contributed by atoms with Gasteiger partial charge in [-0.2, -0.15) is 0 Å². The molecule has 1 aromatic carbocycles. The van der Waals surface area contributed by atoms with Crippen LogP contribution in [0.1, 0.15) is 37.3 Å². The van der Waals surface area contributed by atoms with E-state index in [1.54, 1.807) is 13.4 Å². The second-order valence-corrected chi connectivity index (χ2v) is 6.42. The van der Waals surface area contributed by atoms with E-state index in [-0.39, 0.29) is 18.1 Å². The van der Waals surface area contributed by atoms with Gasteiger partial charge in [-0.15, -0.1) is 0 Å². The summed E-state index contributed by atoms with van der Waals surface area (Å²) in [7, 11) is 5.58. The van der Waals surface area contributed by atoms with E-state index in [0.29, 0.717) is 13.1 Å². The number of urea groups is 1. The van der Waals surface area contributed by atoms with Crippen molar-refractivity contribution >= 4 is 6.03 Å². The van der Waals surface area contributed by atoms with Gasteiger partial charge in [0, 0.05) is 13.1 Å². The molecule has 1 aromatic heterocycles. The Balaban J connectivity index is 2.05. The van der Waals surface area contributed by atoms with Gasteiger partial charge >= 0.3 is 6.03 Å². The molecule has 0 spiro atoms. The molecule has 0 aliphatic heterocycles. The zero-order valence-electron chi connectivity index (χ0n) is 16.2. The fourth-order valence-electron chi connectivity index (χ4n) is 2.98. The Kier molecular flexibility index (Phi) is 7.09. The van der Waals surface area contributed by atoms with E-state index in [1.807, 2.05) is 74.1 Å². The van der Waals surface area contributed by atoms with Gasteiger partial charge in [0.25, 0.3) is 0 Å². The summed E-state index contributed by atoms with van der Waals surface area (Å²) in [5.41, 5.74) is 1.04. The van der Waals surface area contributed by atoms with Gasteiger partial charge in [0.15, 0.2) is 0 Å². The molecule has 2 atom stereocenters. The minimum Gasteiger partial charge on any atom is -0.497 e. The van der Waals surface area contributed by atoms with Crippen LogP contribution in [-0.4, -0.2) is 50.1 Å². The van der Waals surface area contributed by atoms with Gasteiger partial charge in [-0.25, -0.2) is 4.79 Å². The molecule has 0 saturated heterocycles. The predicted molar refractivity (Wildman–Crippen MR) is 102 cm³/mol. The lowest BCUT2D eigenvalue weighted by atomic mass is 10.1. The van der Waals surface area contributed by atoms with Crippen molar-refractivity contribution in [3.63, 3.8) is 0 Å². The number of benzene rings is 1. The number of carbonyl (C=O) groups excluding carboxylic acids is 1. The summed E-state index contributed by atoms with van der Waals surface area (Å²) >= 11 is 0. The second-order valence-electron chi connectivity index (χ2n) is 6.42. The van der Waals surface area contributed by atoms with E-state index < -0.39 is 0 Å². The molecule has 2 unspecified atom stereocenters. The highest BCUT2D eigenvalue weighted by molar-refractivity contribution is 5.74. The minimum atomic E-state index is -0.0961. The first-order valence-corrected chi connectivity index (χ1v) is 8.86. The lowest BCUT2D eigenvalue weighted by Gasteiger charge is -2.30. The third-order valence-electron chi connectivity index (χ3n) is 4.59. The average Bonchev–Trinajstić information content (AvgIpc) is 3.16. The highest BCUT2D eigenvalue weighted by atomic mass is 16.5. The fourth-order valence-corrected chi connectivity index (χ4v) is 2.98. The van der Waals surface area contributed by atoms with Crippen molar-refractivity contribution in [1.29, 1.82) is 0 Å². The molecule has 0 radical (unpaired) electrons. The van der Waals surface area contributed by atoms with Crippen LogP contribution in [0.2, 0.25) is 0 Å². The SMILES string of the molecule is CCN(C(=O)NCC(c1ccco1)N(C)C)C(C)c1cccc(OC)c1. The monoisotopic (exact) mass is 359 g/mol. The number of hydrogen-bond acceptors (Lipinski definition) is 4. The summed E-state index contributed by atoms with van der Waals surface area (Å²) in [6.45, 7) is 5.08. The van der Waals surface area contributed by atoms with Crippen LogP contribution >= 0.6 is 0 Å². The van der Waals surface area contributed by atoms with Gasteiger partial charge in [-0.05, 0) is 57.8 Å². The number of amides is 2. The number of ether oxygens (including phenoxy) is 1. The Morgan fingerprint density at radius 2 is 2.04 bits per heavy atom. The standard InChI is InChI=1S/C20H29N3O3/c1-6-23(15(2)16-9-7-10-17(13-16)25-5)20(24)21-14-18(22(3)4)19-11-8-12-26-19/h7-13,15,18H,6,14H2,1-5H3,(H,21,24). The van der Waals surface area contributed by atoms with E-state index in [0.717, 1.165) is 17.1 Å². The van der Waals surface area contributed by atoms with Crippen molar-refractivity contribution in [2.45, 2.75) is 25.9 Å². The maximum atomic E-state index is 12.8. The van der Waals surface area contributed by atoms with Gasteiger partial charge in [0.05, 0.1) is 25.5 Å². The zero-order chi connectivity index (χ0) is 19.1. The summed E-state index contributed by atoms with van der Waals surface area (Å²) in [5.74, 6) is 1.62. The maximum Gasteiger partial charge on any atom is 0.317 e. The molecule has 0 aliphatic carbocycles. The third-order valence-corrected chi connectivity index (χ3v) is 4.59. The number of nitrogens with zero attached hydrogens (tertiary/aromatic N) is 2. The van der Waals surface area contributed by atoms with Crippen molar-refractivity contribution in [2.24, 2.45) is 0 Å². The molecule has 1 N–H and O–H groups in total. The topological polar surface area (TPSA) is 58.0 Å². The smallest absolute Gasteiger partial charge is 0.317 e. The molecule has 0 saturated carbocycles. The van der Waals surface area contributed by atoms with Crippen LogP contribution in [-0.2, 0) is 0 Å². The number of methoxy groups -OCH3 is 1. The van der Waals surface area contributed by atoms with Crippen LogP contribution in [0.25, 0.3) is 0 Å². The number of hydrogen-bond donors (Lipinski definition) is 1. The van der Waals surface area contributed by atoms with Gasteiger partial charge < -0.3 is 19.4 Å². The van der Waals surface area contributed by atoms with E-state index >= 15 is 0 Å². The third kappa shape index (κ3) is 4.79. The first-order chi connectivity index (χ1) is 12.5. The molecular formula is C20H29N3O3. The molecule has 142 valence electrons. The molecule has 2 rings (SSSR count). The Labute approximate surface area is 155 Å². The van der Waals surface area contributed by atoms with E-state index in [4.69, 9.17) is 9.15 Å². The first kappa shape index (κ1) is 19.8. The number of furan rings is 1. The molecule has 0 fully saturated rings. The molecule has 2 aromatic rings. The lowest BCUT2D eigenvalue weighted by Crippen LogP contribution is -2.44. The maximum absolute atomic E-state index is 12.8. The number of rotatable bonds is 8. The minimum absolute atomic E-state index is 0.0141. The van der Waals surface area contributed by atoms with Gasteiger partial charge in [-0.1, -0.05) is 12.1 Å². The van der Waals surface area contributed by atoms with Crippen LogP contribution in [0.3, 0.4) is 0 Å². The molecule has 0 bridgehead atoms. The van der Waals surface area contributed by atoms with Gasteiger partial charge in [-0.3, -0.25) is 4.90 Å². The number of likely N-dealkylation sites (N-methyl/N-ethyl adjacent to an activating group) is 1. The van der Waals surface area contributed by atoms with Crippen LogP contribution in [0.5, 0.6) is 5.75 Å². The highest BCUT2D eigenvalue weighted by Crippen LogP contribution is 2.24. The highest BCUT2D eigenvalue weighted by Gasteiger charge is 2.23. The quantitative estimate of drug-likeness (QED) is 0.781. The summed E-state index contributed by atoms with van der Waals surface area (Å²) < 4.78 is 10.8. The first-order valence-electron chi connectivity index (χ1n) is 8.86. The molecule has 6 nitrogen and oxygen atoms in total. The molecule has 0 aliphatic rings. The molecule has 1 heterocycles. The van der Waals surface area contributed by atoms with Crippen molar-refractivity contribution in [3.05, 3.63) is 54.0 Å². The van der Waals surface area contributed by atoms with Crippen LogP contribution < -0.4 is 10.1 Å². The Morgan fingerprint density at radius 1 is 1.27 bits per heavy atom. The van der Waals surface area contributed by atoms with Crippen molar-refractivity contribution in [2.75, 3.05) is 34.3 Å². The van der Waals surface area contributed by atoms with E-state index in [2.05, 4.69) is 5.32 Å². The predicted octanol–water partition coefficient (Wildman–Crippen LogP) is 3.68. The molecule has 26 heavy (non-hydrogen) atoms. The summed E-state index contributed by atoms with van der Waals surface area (Å²) in [4.78, 5) is 16.6. The van der Waals surface area contributed by atoms with Crippen LogP contribution in [0, 0.1) is 0 Å². The zero-order valence-corrected chi connectivity index (χ0v) is 16.2. The van der Waals surface area contributed by atoms with E-state index in [9.17, 15) is 4.79 Å². The van der Waals surface area contributed by atoms with Crippen LogP contribution in [0.15, 0.2) is 47.1 Å². The largest absolute Gasteiger partial charge is 0.497 e. The van der Waals surface area contributed by atoms with E-state index in [1.165, 1.54) is 0 Å². The fraction of sp³-hybridized carbons (Fsp3) is 0.450. The number of carbonyl (C=O) groups is 1. The molecular weight excluding hydrogens is 330 g/mol. The second kappa shape index (κ2) is 9.29. The summed E-state index contributed by atoms with van der Waals surface area (Å²) in [6.07, 6.45) is 1.65. The van der Waals surface area contributed by atoms with Gasteiger partial charge in [0.2, 0.25) is 0 Å². The lowest BCUT2D eigenvalue weighted by molar-refractivity contribution is 0.176. The van der Waals surface area contributed by atoms with Gasteiger partial charge in [0.1, 0.15) is 11.5 Å². The van der Waals surface area contributed by atoms with Crippen molar-refractivity contribution < 1.29 is 13.9 Å². The van der Waals surface area contributed by atoms with Crippen molar-refractivity contribution in [3.8, 4) is 5.75 Å². The van der Waals surface area contributed by atoms with Crippen molar-refractivity contribution in [1.82, 2.24) is 15.1 Å². The average molecular weight is 359 g/mol. The Bertz CT molecular complexity index is 685. The molecule has 2 amide bonds. The summed E-state index contributed by atoms with van der Waals surface area (Å²) in [5, 5.41) is 3.04. The van der Waals surface area contributed by atoms with Crippen LogP contribution in [0.4, 0.5) is 4.79 Å². The number of nitrogens with one attached hydrogen (secondary N) is 1. The molecule has 6 heteroatoms. The summed E-state index contributed by atoms with van der Waals surface area (Å²) in [6, 6.07) is 11.4. The Hall–Kier alpha value is -2.47.